The molecule has 1 N–H and O–H groups in total. The Morgan fingerprint density at radius 3 is 2.65 bits per heavy atom. The van der Waals surface area contributed by atoms with Crippen LogP contribution >= 0.6 is 0 Å². The quantitative estimate of drug-likeness (QED) is 0.477. The average Bonchev–Trinajstić information content (AvgIpc) is 3.31. The SMILES string of the molecule is CC(=O)O[C@@H]1C[C@]2(C=O)O[C@@H]2CC[C@@]2(C)O[C@H]2[C@@H](O)[C@H]1C(C)C. The van der Waals surface area contributed by atoms with E-state index >= 15 is 0 Å². The lowest BCUT2D eigenvalue weighted by molar-refractivity contribution is -0.156. The predicted molar refractivity (Wildman–Crippen MR) is 80.7 cm³/mol. The molecule has 6 nitrogen and oxygen atoms in total. The van der Waals surface area contributed by atoms with E-state index in [1.165, 1.54) is 6.92 Å². The van der Waals surface area contributed by atoms with E-state index in [0.717, 1.165) is 12.7 Å². The van der Waals surface area contributed by atoms with Gasteiger partial charge in [0, 0.05) is 19.3 Å². The van der Waals surface area contributed by atoms with Crippen molar-refractivity contribution < 1.29 is 28.9 Å². The lowest BCUT2D eigenvalue weighted by atomic mass is 9.76. The van der Waals surface area contributed by atoms with Gasteiger partial charge in [0.15, 0.2) is 11.9 Å². The lowest BCUT2D eigenvalue weighted by Crippen LogP contribution is -2.45. The van der Waals surface area contributed by atoms with Crippen LogP contribution in [-0.2, 0) is 23.8 Å². The van der Waals surface area contributed by atoms with Gasteiger partial charge in [-0.25, -0.2) is 0 Å². The smallest absolute Gasteiger partial charge is 0.302 e. The predicted octanol–water partition coefficient (Wildman–Crippen LogP) is 1.23. The molecule has 2 aliphatic heterocycles. The summed E-state index contributed by atoms with van der Waals surface area (Å²) in [4.78, 5) is 23.1. The molecule has 23 heavy (non-hydrogen) atoms. The van der Waals surface area contributed by atoms with E-state index in [-0.39, 0.29) is 29.6 Å². The summed E-state index contributed by atoms with van der Waals surface area (Å²) in [6.45, 7) is 7.29. The van der Waals surface area contributed by atoms with Gasteiger partial charge in [-0.15, -0.1) is 0 Å². The summed E-state index contributed by atoms with van der Waals surface area (Å²) >= 11 is 0. The molecule has 0 bridgehead atoms. The first-order chi connectivity index (χ1) is 10.7. The molecule has 1 saturated carbocycles. The van der Waals surface area contributed by atoms with Gasteiger partial charge < -0.3 is 24.1 Å². The van der Waals surface area contributed by atoms with E-state index in [9.17, 15) is 14.7 Å². The number of aldehydes is 1. The highest BCUT2D eigenvalue weighted by atomic mass is 16.6. The number of fused-ring (bicyclic) bond motifs is 2. The van der Waals surface area contributed by atoms with E-state index in [0.29, 0.717) is 12.8 Å². The van der Waals surface area contributed by atoms with Crippen molar-refractivity contribution in [1.82, 2.24) is 0 Å². The number of aliphatic hydroxyl groups is 1. The maximum absolute atomic E-state index is 11.6. The molecular formula is C17H26O6. The van der Waals surface area contributed by atoms with Gasteiger partial charge in [-0.1, -0.05) is 13.8 Å². The molecule has 3 aliphatic rings. The summed E-state index contributed by atoms with van der Waals surface area (Å²) < 4.78 is 17.0. The number of hydrogen-bond acceptors (Lipinski definition) is 6. The minimum atomic E-state index is -0.884. The number of aliphatic hydroxyl groups excluding tert-OH is 1. The number of hydrogen-bond donors (Lipinski definition) is 1. The van der Waals surface area contributed by atoms with Crippen LogP contribution in [0.5, 0.6) is 0 Å². The highest BCUT2D eigenvalue weighted by Gasteiger charge is 2.65. The van der Waals surface area contributed by atoms with Crippen molar-refractivity contribution in [3.63, 3.8) is 0 Å². The summed E-state index contributed by atoms with van der Waals surface area (Å²) in [6, 6.07) is 0. The summed E-state index contributed by atoms with van der Waals surface area (Å²) in [7, 11) is 0. The molecule has 0 unspecified atom stereocenters. The Morgan fingerprint density at radius 1 is 1.39 bits per heavy atom. The van der Waals surface area contributed by atoms with Crippen molar-refractivity contribution in [3.05, 3.63) is 0 Å². The molecule has 1 aliphatic carbocycles. The number of epoxide rings is 2. The van der Waals surface area contributed by atoms with Crippen molar-refractivity contribution in [1.29, 1.82) is 0 Å². The Labute approximate surface area is 136 Å². The number of ether oxygens (including phenoxy) is 3. The van der Waals surface area contributed by atoms with Crippen LogP contribution in [0.1, 0.15) is 47.0 Å². The summed E-state index contributed by atoms with van der Waals surface area (Å²) in [5.41, 5.74) is -1.27. The third-order valence-corrected chi connectivity index (χ3v) is 5.63. The molecule has 7 atom stereocenters. The van der Waals surface area contributed by atoms with Gasteiger partial charge >= 0.3 is 5.97 Å². The highest BCUT2D eigenvalue weighted by Crippen LogP contribution is 2.52. The molecule has 6 heteroatoms. The fourth-order valence-electron chi connectivity index (χ4n) is 4.20. The van der Waals surface area contributed by atoms with Crippen molar-refractivity contribution in [2.24, 2.45) is 11.8 Å². The largest absolute Gasteiger partial charge is 0.462 e. The highest BCUT2D eigenvalue weighted by molar-refractivity contribution is 5.69. The Balaban J connectivity index is 1.92. The zero-order chi connectivity index (χ0) is 17.0. The molecule has 130 valence electrons. The van der Waals surface area contributed by atoms with Gasteiger partial charge in [0.1, 0.15) is 12.2 Å². The van der Waals surface area contributed by atoms with Gasteiger partial charge in [0.05, 0.1) is 17.8 Å². The second-order valence-electron chi connectivity index (χ2n) is 7.73. The van der Waals surface area contributed by atoms with Crippen LogP contribution in [0.4, 0.5) is 0 Å². The van der Waals surface area contributed by atoms with Crippen LogP contribution in [-0.4, -0.2) is 53.0 Å². The average molecular weight is 326 g/mol. The van der Waals surface area contributed by atoms with Gasteiger partial charge in [-0.05, 0) is 25.7 Å². The van der Waals surface area contributed by atoms with Crippen LogP contribution in [0.3, 0.4) is 0 Å². The summed E-state index contributed by atoms with van der Waals surface area (Å²) in [6.07, 6.45) is 0.873. The van der Waals surface area contributed by atoms with Crippen molar-refractivity contribution in [3.8, 4) is 0 Å². The number of carbonyl (C=O) groups is 2. The molecule has 0 aromatic carbocycles. The zero-order valence-corrected chi connectivity index (χ0v) is 14.2. The van der Waals surface area contributed by atoms with Gasteiger partial charge in [0.2, 0.25) is 0 Å². The topological polar surface area (TPSA) is 88.7 Å². The maximum atomic E-state index is 11.6. The van der Waals surface area contributed by atoms with Crippen molar-refractivity contribution in [2.75, 3.05) is 0 Å². The molecule has 0 aromatic heterocycles. The van der Waals surface area contributed by atoms with E-state index in [4.69, 9.17) is 14.2 Å². The molecule has 0 aromatic rings. The van der Waals surface area contributed by atoms with Crippen LogP contribution in [0.2, 0.25) is 0 Å². The molecule has 3 fully saturated rings. The molecular weight excluding hydrogens is 300 g/mol. The third kappa shape index (κ3) is 2.92. The van der Waals surface area contributed by atoms with Crippen molar-refractivity contribution in [2.45, 2.75) is 82.6 Å². The maximum Gasteiger partial charge on any atom is 0.302 e. The van der Waals surface area contributed by atoms with E-state index < -0.39 is 23.8 Å². The Morgan fingerprint density at radius 2 is 2.09 bits per heavy atom. The van der Waals surface area contributed by atoms with Gasteiger partial charge in [0.25, 0.3) is 0 Å². The molecule has 2 heterocycles. The van der Waals surface area contributed by atoms with E-state index in [1.54, 1.807) is 0 Å². The van der Waals surface area contributed by atoms with Crippen LogP contribution in [0.15, 0.2) is 0 Å². The molecule has 0 amide bonds. The van der Waals surface area contributed by atoms with Gasteiger partial charge in [-0.2, -0.15) is 0 Å². The second-order valence-corrected chi connectivity index (χ2v) is 7.73. The molecule has 0 spiro atoms. The first-order valence-corrected chi connectivity index (χ1v) is 8.40. The minimum absolute atomic E-state index is 0.0723. The number of rotatable bonds is 3. The first-order valence-electron chi connectivity index (χ1n) is 8.40. The minimum Gasteiger partial charge on any atom is -0.462 e. The normalized spacial score (nSPS) is 48.9. The fourth-order valence-corrected chi connectivity index (χ4v) is 4.20. The summed E-state index contributed by atoms with van der Waals surface area (Å²) in [5.74, 6) is -0.642. The second kappa shape index (κ2) is 5.53. The Kier molecular flexibility index (Phi) is 4.06. The van der Waals surface area contributed by atoms with Gasteiger partial charge in [-0.3, -0.25) is 4.79 Å². The van der Waals surface area contributed by atoms with Crippen molar-refractivity contribution >= 4 is 12.3 Å². The molecule has 3 rings (SSSR count). The fraction of sp³-hybridized carbons (Fsp3) is 0.882. The van der Waals surface area contributed by atoms with Crippen LogP contribution in [0, 0.1) is 11.8 Å². The lowest BCUT2D eigenvalue weighted by Gasteiger charge is -2.34. The molecule has 0 radical (unpaired) electrons. The Hall–Kier alpha value is -0.980. The Bertz CT molecular complexity index is 505. The van der Waals surface area contributed by atoms with Crippen LogP contribution < -0.4 is 0 Å². The zero-order valence-electron chi connectivity index (χ0n) is 14.2. The number of carbonyl (C=O) groups excluding carboxylic acids is 2. The van der Waals surface area contributed by atoms with E-state index in [1.807, 2.05) is 20.8 Å². The van der Waals surface area contributed by atoms with E-state index in [2.05, 4.69) is 0 Å². The van der Waals surface area contributed by atoms with Crippen LogP contribution in [0.25, 0.3) is 0 Å². The monoisotopic (exact) mass is 326 g/mol. The standard InChI is InChI=1S/C17H26O6/c1-9(2)13-11(21-10(3)19)7-17(8-18)12(22-17)5-6-16(4)15(23-16)14(13)20/h8-9,11-15,20H,5-7H2,1-4H3/t11-,12-,13+,14+,15+,16-,17-/m1/s1. The first kappa shape index (κ1) is 16.9. The molecule has 2 saturated heterocycles. The third-order valence-electron chi connectivity index (χ3n) is 5.63. The summed E-state index contributed by atoms with van der Waals surface area (Å²) in [5, 5.41) is 10.8. The number of esters is 1.